The van der Waals surface area contributed by atoms with Gasteiger partial charge in [-0.25, -0.2) is 13.1 Å². The maximum Gasteiger partial charge on any atom is 0.244 e. The second-order valence-corrected chi connectivity index (χ2v) is 8.65. The Bertz CT molecular complexity index is 900. The van der Waals surface area contributed by atoms with Gasteiger partial charge in [0.1, 0.15) is 4.90 Å². The molecule has 0 spiro atoms. The molecule has 1 saturated carbocycles. The number of sulfonamides is 1. The number of hydrogen-bond acceptors (Lipinski definition) is 6. The van der Waals surface area contributed by atoms with E-state index in [0.717, 1.165) is 5.56 Å². The van der Waals surface area contributed by atoms with Crippen LogP contribution in [0.5, 0.6) is 0 Å². The van der Waals surface area contributed by atoms with Gasteiger partial charge in [0.2, 0.25) is 15.9 Å². The molecular weight excluding hydrogens is 382 g/mol. The van der Waals surface area contributed by atoms with E-state index in [4.69, 9.17) is 4.74 Å². The summed E-state index contributed by atoms with van der Waals surface area (Å²) in [6.45, 7) is 0.392. The molecule has 0 saturated heterocycles. The van der Waals surface area contributed by atoms with Crippen LogP contribution in [0.15, 0.2) is 41.8 Å². The molecule has 1 amide bonds. The third-order valence-electron chi connectivity index (χ3n) is 4.95. The molecular formula is C18H25N5O4S. The zero-order valence-electron chi connectivity index (χ0n) is 15.9. The highest BCUT2D eigenvalue weighted by molar-refractivity contribution is 7.89. The van der Waals surface area contributed by atoms with Gasteiger partial charge in [-0.15, -0.1) is 0 Å². The van der Waals surface area contributed by atoms with Gasteiger partial charge >= 0.3 is 0 Å². The first kappa shape index (κ1) is 20.4. The smallest absolute Gasteiger partial charge is 0.244 e. The maximum absolute atomic E-state index is 12.6. The Balaban J connectivity index is 1.64. The van der Waals surface area contributed by atoms with Crippen LogP contribution in [0.3, 0.4) is 0 Å². The summed E-state index contributed by atoms with van der Waals surface area (Å²) in [6.07, 6.45) is 7.44. The zero-order chi connectivity index (χ0) is 20.1. The fraction of sp³-hybridized carbons (Fsp3) is 0.500. The van der Waals surface area contributed by atoms with Gasteiger partial charge in [0.15, 0.2) is 0 Å². The van der Waals surface area contributed by atoms with Crippen molar-refractivity contribution in [1.29, 1.82) is 0 Å². The molecule has 0 bridgehead atoms. The lowest BCUT2D eigenvalue weighted by Crippen LogP contribution is -2.50. The summed E-state index contributed by atoms with van der Waals surface area (Å²) in [5.41, 5.74) is 0.912. The molecule has 1 aliphatic carbocycles. The first-order chi connectivity index (χ1) is 13.4. The Morgan fingerprint density at radius 3 is 2.82 bits per heavy atom. The highest BCUT2D eigenvalue weighted by Gasteiger charge is 2.36. The third kappa shape index (κ3) is 4.94. The van der Waals surface area contributed by atoms with Gasteiger partial charge in [0.05, 0.1) is 12.3 Å². The van der Waals surface area contributed by atoms with Crippen LogP contribution in [-0.4, -0.2) is 48.3 Å². The minimum absolute atomic E-state index is 0.0907. The average Bonchev–Trinajstić information content (AvgIpc) is 3.14. The van der Waals surface area contributed by atoms with Crippen molar-refractivity contribution in [2.24, 2.45) is 13.0 Å². The van der Waals surface area contributed by atoms with Crippen LogP contribution in [0.4, 0.5) is 0 Å². The number of nitrogens with zero attached hydrogens (tertiary/aromatic N) is 3. The van der Waals surface area contributed by atoms with Crippen LogP contribution in [0.1, 0.15) is 24.8 Å². The predicted molar refractivity (Wildman–Crippen MR) is 102 cm³/mol. The normalized spacial score (nSPS) is 22.7. The molecule has 3 atom stereocenters. The summed E-state index contributed by atoms with van der Waals surface area (Å²) in [4.78, 5) is 16.7. The molecule has 0 aliphatic heterocycles. The van der Waals surface area contributed by atoms with Crippen molar-refractivity contribution in [2.45, 2.75) is 42.8 Å². The van der Waals surface area contributed by atoms with Crippen LogP contribution in [-0.2, 0) is 33.1 Å². The average molecular weight is 407 g/mol. The van der Waals surface area contributed by atoms with Crippen molar-refractivity contribution in [2.75, 3.05) is 7.11 Å². The number of rotatable bonds is 7. The van der Waals surface area contributed by atoms with Crippen molar-refractivity contribution in [3.8, 4) is 0 Å². The molecule has 2 aromatic heterocycles. The van der Waals surface area contributed by atoms with Gasteiger partial charge in [-0.05, 0) is 30.9 Å². The molecule has 10 heteroatoms. The summed E-state index contributed by atoms with van der Waals surface area (Å²) in [7, 11) is -0.532. The molecule has 9 nitrogen and oxygen atoms in total. The van der Waals surface area contributed by atoms with E-state index in [1.165, 1.54) is 17.1 Å². The highest BCUT2D eigenvalue weighted by Crippen LogP contribution is 2.28. The number of aryl methyl sites for hydroxylation is 1. The fourth-order valence-electron chi connectivity index (χ4n) is 3.43. The Labute approximate surface area is 164 Å². The van der Waals surface area contributed by atoms with E-state index in [0.29, 0.717) is 25.8 Å². The number of carbonyl (C=O) groups excluding carboxylic acids is 1. The summed E-state index contributed by atoms with van der Waals surface area (Å²) in [6, 6.07) is 3.21. The highest BCUT2D eigenvalue weighted by atomic mass is 32.2. The lowest BCUT2D eigenvalue weighted by atomic mass is 9.83. The molecule has 1 aliphatic rings. The van der Waals surface area contributed by atoms with Gasteiger partial charge in [-0.2, -0.15) is 5.10 Å². The van der Waals surface area contributed by atoms with Crippen LogP contribution >= 0.6 is 0 Å². The number of ether oxygens (including phenoxy) is 1. The van der Waals surface area contributed by atoms with Crippen molar-refractivity contribution in [1.82, 2.24) is 24.8 Å². The SMILES string of the molecule is CO[C@@H]1CC[C@H](C(=O)NCc2cccnc2)C[C@H]1NS(=O)(=O)c1cnn(C)c1. The number of pyridine rings is 1. The lowest BCUT2D eigenvalue weighted by Gasteiger charge is -2.34. The topological polar surface area (TPSA) is 115 Å². The molecule has 0 aromatic carbocycles. The van der Waals surface area contributed by atoms with Crippen molar-refractivity contribution in [3.05, 3.63) is 42.5 Å². The van der Waals surface area contributed by atoms with E-state index in [1.54, 1.807) is 26.6 Å². The maximum atomic E-state index is 12.6. The van der Waals surface area contributed by atoms with Crippen LogP contribution in [0.2, 0.25) is 0 Å². The molecule has 1 fully saturated rings. The summed E-state index contributed by atoms with van der Waals surface area (Å²) in [5.74, 6) is -0.381. The largest absolute Gasteiger partial charge is 0.380 e. The second kappa shape index (κ2) is 8.80. The van der Waals surface area contributed by atoms with E-state index in [9.17, 15) is 13.2 Å². The number of hydrogen-bond donors (Lipinski definition) is 2. The van der Waals surface area contributed by atoms with E-state index < -0.39 is 16.1 Å². The predicted octanol–water partition coefficient (Wildman–Crippen LogP) is 0.594. The van der Waals surface area contributed by atoms with Gasteiger partial charge in [0, 0.05) is 51.3 Å². The van der Waals surface area contributed by atoms with E-state index >= 15 is 0 Å². The lowest BCUT2D eigenvalue weighted by molar-refractivity contribution is -0.127. The Hall–Kier alpha value is -2.30. The number of aromatic nitrogens is 3. The first-order valence-corrected chi connectivity index (χ1v) is 10.6. The third-order valence-corrected chi connectivity index (χ3v) is 6.39. The fourth-order valence-corrected chi connectivity index (χ4v) is 4.69. The van der Waals surface area contributed by atoms with E-state index in [2.05, 4.69) is 20.1 Å². The summed E-state index contributed by atoms with van der Waals surface area (Å²) < 4.78 is 34.8. The van der Waals surface area contributed by atoms with Crippen molar-refractivity contribution < 1.29 is 17.9 Å². The van der Waals surface area contributed by atoms with Crippen molar-refractivity contribution >= 4 is 15.9 Å². The quantitative estimate of drug-likeness (QED) is 0.694. The Morgan fingerprint density at radius 2 is 2.18 bits per heavy atom. The number of methoxy groups -OCH3 is 1. The molecule has 2 aromatic rings. The number of amides is 1. The molecule has 0 unspecified atom stereocenters. The van der Waals surface area contributed by atoms with Crippen molar-refractivity contribution in [3.63, 3.8) is 0 Å². The first-order valence-electron chi connectivity index (χ1n) is 9.09. The van der Waals surface area contributed by atoms with Gasteiger partial charge in [-0.1, -0.05) is 6.07 Å². The number of carbonyl (C=O) groups is 1. The van der Waals surface area contributed by atoms with E-state index in [1.807, 2.05) is 12.1 Å². The minimum Gasteiger partial charge on any atom is -0.380 e. The summed E-state index contributed by atoms with van der Waals surface area (Å²) >= 11 is 0. The Kier molecular flexibility index (Phi) is 6.42. The number of nitrogens with one attached hydrogen (secondary N) is 2. The van der Waals surface area contributed by atoms with Gasteiger partial charge in [0.25, 0.3) is 0 Å². The van der Waals surface area contributed by atoms with Gasteiger partial charge in [-0.3, -0.25) is 14.5 Å². The molecule has 2 heterocycles. The Morgan fingerprint density at radius 1 is 1.36 bits per heavy atom. The van der Waals surface area contributed by atoms with Crippen LogP contribution in [0.25, 0.3) is 0 Å². The monoisotopic (exact) mass is 407 g/mol. The summed E-state index contributed by atoms with van der Waals surface area (Å²) in [5, 5.41) is 6.82. The van der Waals surface area contributed by atoms with E-state index in [-0.39, 0.29) is 22.8 Å². The molecule has 152 valence electrons. The van der Waals surface area contributed by atoms with Crippen LogP contribution < -0.4 is 10.0 Å². The minimum atomic E-state index is -3.74. The molecule has 28 heavy (non-hydrogen) atoms. The molecule has 3 rings (SSSR count). The van der Waals surface area contributed by atoms with Crippen LogP contribution in [0, 0.1) is 5.92 Å². The zero-order valence-corrected chi connectivity index (χ0v) is 16.7. The molecule has 0 radical (unpaired) electrons. The standard InChI is InChI=1S/C18H25N5O4S/c1-23-12-15(11-21-23)28(25,26)22-16-8-14(5-6-17(16)27-2)18(24)20-10-13-4-3-7-19-9-13/h3-4,7,9,11-12,14,16-17,22H,5-6,8,10H2,1-2H3,(H,20,24)/t14-,16+,17+/m0/s1. The molecule has 2 N–H and O–H groups in total. The van der Waals surface area contributed by atoms with Gasteiger partial charge < -0.3 is 10.1 Å². The second-order valence-electron chi connectivity index (χ2n) is 6.94.